The van der Waals surface area contributed by atoms with Crippen LogP contribution in [0.3, 0.4) is 0 Å². The van der Waals surface area contributed by atoms with Crippen LogP contribution in [0.1, 0.15) is 17.3 Å². The van der Waals surface area contributed by atoms with Crippen molar-refractivity contribution in [3.63, 3.8) is 0 Å². The molecule has 0 aromatic heterocycles. The highest BCUT2D eigenvalue weighted by Gasteiger charge is 2.12. The molecule has 100 valence electrons. The van der Waals surface area contributed by atoms with Crippen LogP contribution in [-0.4, -0.2) is 44.7 Å². The lowest BCUT2D eigenvalue weighted by molar-refractivity contribution is 0.0827. The van der Waals surface area contributed by atoms with Gasteiger partial charge in [-0.05, 0) is 25.1 Å². The highest BCUT2D eigenvalue weighted by Crippen LogP contribution is 2.24. The number of anilines is 1. The van der Waals surface area contributed by atoms with E-state index in [1.807, 2.05) is 6.92 Å². The number of benzene rings is 1. The number of nitrogen functional groups attached to an aromatic ring is 1. The maximum absolute atomic E-state index is 11.7. The molecule has 5 nitrogen and oxygen atoms in total. The number of carbonyl (C=O) groups is 1. The van der Waals surface area contributed by atoms with Crippen LogP contribution in [0.25, 0.3) is 0 Å². The van der Waals surface area contributed by atoms with Crippen molar-refractivity contribution >= 4 is 11.6 Å². The van der Waals surface area contributed by atoms with Gasteiger partial charge in [0.15, 0.2) is 0 Å². The smallest absolute Gasteiger partial charge is 0.253 e. The van der Waals surface area contributed by atoms with Gasteiger partial charge in [-0.3, -0.25) is 4.79 Å². The monoisotopic (exact) mass is 252 g/mol. The van der Waals surface area contributed by atoms with E-state index in [4.69, 9.17) is 15.2 Å². The summed E-state index contributed by atoms with van der Waals surface area (Å²) in [6, 6.07) is 5.03. The topological polar surface area (TPSA) is 64.8 Å². The summed E-state index contributed by atoms with van der Waals surface area (Å²) in [5.41, 5.74) is 6.86. The zero-order chi connectivity index (χ0) is 13.7. The Morgan fingerprint density at radius 1 is 1.44 bits per heavy atom. The van der Waals surface area contributed by atoms with E-state index in [0.717, 1.165) is 0 Å². The van der Waals surface area contributed by atoms with Crippen molar-refractivity contribution in [1.29, 1.82) is 0 Å². The summed E-state index contributed by atoms with van der Waals surface area (Å²) in [5, 5.41) is 0. The van der Waals surface area contributed by atoms with E-state index >= 15 is 0 Å². The molecule has 0 fully saturated rings. The zero-order valence-corrected chi connectivity index (χ0v) is 11.3. The summed E-state index contributed by atoms with van der Waals surface area (Å²) in [6.45, 7) is 2.37. The van der Waals surface area contributed by atoms with Gasteiger partial charge in [0.05, 0.1) is 12.3 Å². The van der Waals surface area contributed by atoms with E-state index in [9.17, 15) is 4.79 Å². The lowest BCUT2D eigenvalue weighted by Gasteiger charge is -2.16. The number of amides is 1. The average molecular weight is 252 g/mol. The molecule has 1 rings (SSSR count). The zero-order valence-electron chi connectivity index (χ0n) is 11.3. The Morgan fingerprint density at radius 3 is 2.61 bits per heavy atom. The summed E-state index contributed by atoms with van der Waals surface area (Å²) in [6.07, 6.45) is -0.0901. The number of hydrogen-bond acceptors (Lipinski definition) is 4. The number of hydrogen-bond donors (Lipinski definition) is 1. The molecule has 1 aromatic rings. The maximum Gasteiger partial charge on any atom is 0.253 e. The van der Waals surface area contributed by atoms with Crippen molar-refractivity contribution in [2.75, 3.05) is 33.5 Å². The van der Waals surface area contributed by atoms with Crippen molar-refractivity contribution in [1.82, 2.24) is 4.90 Å². The quantitative estimate of drug-likeness (QED) is 0.804. The summed E-state index contributed by atoms with van der Waals surface area (Å²) in [4.78, 5) is 13.2. The van der Waals surface area contributed by atoms with Crippen LogP contribution in [0.2, 0.25) is 0 Å². The fraction of sp³-hybridized carbons (Fsp3) is 0.462. The second kappa shape index (κ2) is 6.26. The summed E-state index contributed by atoms with van der Waals surface area (Å²) in [5.74, 6) is 0.480. The molecule has 0 radical (unpaired) electrons. The van der Waals surface area contributed by atoms with Gasteiger partial charge in [-0.15, -0.1) is 0 Å². The number of rotatable bonds is 5. The van der Waals surface area contributed by atoms with Crippen molar-refractivity contribution in [2.45, 2.75) is 13.0 Å². The summed E-state index contributed by atoms with van der Waals surface area (Å²) in [7, 11) is 5.01. The van der Waals surface area contributed by atoms with E-state index < -0.39 is 0 Å². The lowest BCUT2D eigenvalue weighted by atomic mass is 10.1. The minimum absolute atomic E-state index is 0.0850. The first kappa shape index (κ1) is 14.3. The lowest BCUT2D eigenvalue weighted by Crippen LogP contribution is -2.22. The van der Waals surface area contributed by atoms with Crippen LogP contribution >= 0.6 is 0 Å². The largest absolute Gasteiger partial charge is 0.486 e. The Hall–Kier alpha value is -1.75. The van der Waals surface area contributed by atoms with Gasteiger partial charge in [-0.25, -0.2) is 0 Å². The molecule has 0 aliphatic carbocycles. The Balaban J connectivity index is 2.83. The molecule has 2 N–H and O–H groups in total. The van der Waals surface area contributed by atoms with Gasteiger partial charge in [0.1, 0.15) is 11.9 Å². The van der Waals surface area contributed by atoms with Crippen LogP contribution in [0, 0.1) is 0 Å². The third-order valence-corrected chi connectivity index (χ3v) is 2.39. The predicted octanol–water partition coefficient (Wildman–Crippen LogP) is 1.38. The van der Waals surface area contributed by atoms with E-state index in [2.05, 4.69) is 0 Å². The third kappa shape index (κ3) is 3.63. The highest BCUT2D eigenvalue weighted by atomic mass is 16.5. The first-order valence-electron chi connectivity index (χ1n) is 5.72. The molecule has 1 aromatic carbocycles. The predicted molar refractivity (Wildman–Crippen MR) is 70.8 cm³/mol. The Morgan fingerprint density at radius 2 is 2.11 bits per heavy atom. The van der Waals surface area contributed by atoms with Gasteiger partial charge in [0, 0.05) is 26.8 Å². The molecule has 0 saturated carbocycles. The van der Waals surface area contributed by atoms with Crippen LogP contribution < -0.4 is 10.5 Å². The minimum Gasteiger partial charge on any atom is -0.486 e. The number of ether oxygens (including phenoxy) is 2. The number of methoxy groups -OCH3 is 1. The Kier molecular flexibility index (Phi) is 4.97. The molecule has 1 amide bonds. The molecule has 1 atom stereocenters. The molecule has 0 spiro atoms. The van der Waals surface area contributed by atoms with Gasteiger partial charge in [0.2, 0.25) is 0 Å². The van der Waals surface area contributed by atoms with E-state index in [0.29, 0.717) is 23.6 Å². The van der Waals surface area contributed by atoms with Crippen LogP contribution in [-0.2, 0) is 4.74 Å². The molecule has 0 heterocycles. The molecule has 0 aliphatic rings. The van der Waals surface area contributed by atoms with Gasteiger partial charge in [-0.2, -0.15) is 0 Å². The van der Waals surface area contributed by atoms with Gasteiger partial charge in [0.25, 0.3) is 5.91 Å². The third-order valence-electron chi connectivity index (χ3n) is 2.39. The van der Waals surface area contributed by atoms with Gasteiger partial charge in [-0.1, -0.05) is 0 Å². The minimum atomic E-state index is -0.0901. The number of nitrogens with two attached hydrogens (primary N) is 1. The summed E-state index contributed by atoms with van der Waals surface area (Å²) < 4.78 is 10.6. The van der Waals surface area contributed by atoms with Crippen LogP contribution in [0.15, 0.2) is 18.2 Å². The fourth-order valence-corrected chi connectivity index (χ4v) is 1.53. The average Bonchev–Trinajstić information content (AvgIpc) is 2.31. The van der Waals surface area contributed by atoms with Gasteiger partial charge < -0.3 is 20.1 Å². The molecule has 5 heteroatoms. The second-order valence-electron chi connectivity index (χ2n) is 4.34. The number of nitrogens with zero attached hydrogens (tertiary/aromatic N) is 1. The summed E-state index contributed by atoms with van der Waals surface area (Å²) >= 11 is 0. The molecule has 0 aliphatic heterocycles. The van der Waals surface area contributed by atoms with E-state index in [1.165, 1.54) is 4.90 Å². The van der Waals surface area contributed by atoms with Crippen molar-refractivity contribution < 1.29 is 14.3 Å². The second-order valence-corrected chi connectivity index (χ2v) is 4.34. The fourth-order valence-electron chi connectivity index (χ4n) is 1.53. The van der Waals surface area contributed by atoms with E-state index in [-0.39, 0.29) is 12.0 Å². The molecule has 1 unspecified atom stereocenters. The molecule has 0 bridgehead atoms. The van der Waals surface area contributed by atoms with Gasteiger partial charge >= 0.3 is 0 Å². The SMILES string of the molecule is COCC(C)Oc1ccc(C(=O)N(C)C)cc1N. The van der Waals surface area contributed by atoms with Crippen LogP contribution in [0.5, 0.6) is 5.75 Å². The van der Waals surface area contributed by atoms with E-state index in [1.54, 1.807) is 39.4 Å². The molecular weight excluding hydrogens is 232 g/mol. The van der Waals surface area contributed by atoms with Crippen LogP contribution in [0.4, 0.5) is 5.69 Å². The van der Waals surface area contributed by atoms with Crippen molar-refractivity contribution in [3.05, 3.63) is 23.8 Å². The molecule has 0 saturated heterocycles. The highest BCUT2D eigenvalue weighted by molar-refractivity contribution is 5.95. The Bertz CT molecular complexity index is 419. The standard InChI is InChI=1S/C13H20N2O3/c1-9(8-17-4)18-12-6-5-10(7-11(12)14)13(16)15(2)3/h5-7,9H,8,14H2,1-4H3. The molecule has 18 heavy (non-hydrogen) atoms. The normalized spacial score (nSPS) is 12.0. The van der Waals surface area contributed by atoms with Crippen molar-refractivity contribution in [2.24, 2.45) is 0 Å². The van der Waals surface area contributed by atoms with Crippen molar-refractivity contribution in [3.8, 4) is 5.75 Å². The maximum atomic E-state index is 11.7. The Labute approximate surface area is 107 Å². The first-order chi connectivity index (χ1) is 8.45. The number of carbonyl (C=O) groups excluding carboxylic acids is 1. The molecular formula is C13H20N2O3. The first-order valence-corrected chi connectivity index (χ1v) is 5.72.